The van der Waals surface area contributed by atoms with Gasteiger partial charge in [0.15, 0.2) is 4.80 Å². The predicted molar refractivity (Wildman–Crippen MR) is 141 cm³/mol. The Morgan fingerprint density at radius 2 is 1.69 bits per heavy atom. The van der Waals surface area contributed by atoms with Crippen molar-refractivity contribution in [1.29, 1.82) is 0 Å². The zero-order valence-corrected chi connectivity index (χ0v) is 22.0. The molecule has 0 saturated heterocycles. The summed E-state index contributed by atoms with van der Waals surface area (Å²) in [4.78, 5) is 18.2. The quantitative estimate of drug-likeness (QED) is 0.341. The van der Waals surface area contributed by atoms with Gasteiger partial charge in [-0.1, -0.05) is 54.7 Å². The molecule has 182 valence electrons. The van der Waals surface area contributed by atoms with Gasteiger partial charge in [-0.15, -0.1) is 0 Å². The molecule has 0 fully saturated rings. The Hall–Kier alpha value is -3.07. The highest BCUT2D eigenvalue weighted by molar-refractivity contribution is 7.89. The van der Waals surface area contributed by atoms with Gasteiger partial charge < -0.3 is 4.57 Å². The highest BCUT2D eigenvalue weighted by atomic mass is 32.2. The number of benzene rings is 3. The van der Waals surface area contributed by atoms with E-state index >= 15 is 0 Å². The zero-order valence-electron chi connectivity index (χ0n) is 20.4. The number of rotatable bonds is 7. The molecule has 0 spiro atoms. The summed E-state index contributed by atoms with van der Waals surface area (Å²) in [6.07, 6.45) is 0. The summed E-state index contributed by atoms with van der Waals surface area (Å²) in [7, 11) is -3.70. The van der Waals surface area contributed by atoms with Crippen molar-refractivity contribution in [3.8, 4) is 0 Å². The van der Waals surface area contributed by atoms with Gasteiger partial charge in [0.2, 0.25) is 10.0 Å². The fourth-order valence-electron chi connectivity index (χ4n) is 4.13. The molecule has 1 amide bonds. The van der Waals surface area contributed by atoms with Gasteiger partial charge in [-0.25, -0.2) is 8.42 Å². The Morgan fingerprint density at radius 1 is 1.00 bits per heavy atom. The molecule has 0 bridgehead atoms. The Kier molecular flexibility index (Phi) is 7.35. The molecule has 0 atom stereocenters. The third kappa shape index (κ3) is 5.15. The first-order chi connectivity index (χ1) is 16.7. The molecular formula is C27H29N3O3S2. The second kappa shape index (κ2) is 10.3. The third-order valence-electron chi connectivity index (χ3n) is 5.92. The van der Waals surface area contributed by atoms with Crippen molar-refractivity contribution in [2.45, 2.75) is 45.7 Å². The van der Waals surface area contributed by atoms with Gasteiger partial charge in [0, 0.05) is 25.2 Å². The van der Waals surface area contributed by atoms with Crippen LogP contribution in [-0.2, 0) is 23.1 Å². The maximum Gasteiger partial charge on any atom is 0.279 e. The zero-order chi connectivity index (χ0) is 25.2. The van der Waals surface area contributed by atoms with Crippen LogP contribution in [-0.4, -0.2) is 29.7 Å². The predicted octanol–water partition coefficient (Wildman–Crippen LogP) is 5.29. The molecule has 3 aromatic carbocycles. The number of aryl methyl sites for hydroxylation is 3. The maximum absolute atomic E-state index is 13.2. The summed E-state index contributed by atoms with van der Waals surface area (Å²) >= 11 is 1.49. The monoisotopic (exact) mass is 507 g/mol. The third-order valence-corrected chi connectivity index (χ3v) is 9.09. The van der Waals surface area contributed by atoms with Crippen molar-refractivity contribution in [2.75, 3.05) is 6.54 Å². The molecule has 4 aromatic rings. The first-order valence-corrected chi connectivity index (χ1v) is 13.8. The van der Waals surface area contributed by atoms with Crippen molar-refractivity contribution in [3.63, 3.8) is 0 Å². The van der Waals surface area contributed by atoms with E-state index < -0.39 is 15.9 Å². The van der Waals surface area contributed by atoms with Crippen LogP contribution in [0.25, 0.3) is 10.2 Å². The van der Waals surface area contributed by atoms with E-state index in [1.165, 1.54) is 39.9 Å². The van der Waals surface area contributed by atoms with E-state index in [0.29, 0.717) is 23.5 Å². The van der Waals surface area contributed by atoms with Gasteiger partial charge in [0.05, 0.1) is 15.1 Å². The lowest BCUT2D eigenvalue weighted by Crippen LogP contribution is -2.30. The molecule has 0 saturated carbocycles. The minimum Gasteiger partial charge on any atom is -0.317 e. The van der Waals surface area contributed by atoms with Crippen LogP contribution in [0.1, 0.15) is 40.9 Å². The Bertz CT molecular complexity index is 1530. The van der Waals surface area contributed by atoms with Crippen molar-refractivity contribution in [2.24, 2.45) is 4.99 Å². The molecule has 0 aliphatic heterocycles. The van der Waals surface area contributed by atoms with Crippen LogP contribution in [0.4, 0.5) is 0 Å². The second-order valence-electron chi connectivity index (χ2n) is 8.42. The minimum absolute atomic E-state index is 0.156. The Labute approximate surface area is 210 Å². The van der Waals surface area contributed by atoms with Crippen LogP contribution in [0.2, 0.25) is 0 Å². The lowest BCUT2D eigenvalue weighted by Gasteiger charge is -2.20. The molecule has 4 rings (SSSR count). The van der Waals surface area contributed by atoms with Crippen LogP contribution in [0.15, 0.2) is 76.6 Å². The fourth-order valence-corrected chi connectivity index (χ4v) is 6.71. The molecule has 1 aromatic heterocycles. The largest absolute Gasteiger partial charge is 0.317 e. The van der Waals surface area contributed by atoms with E-state index in [1.807, 2.05) is 48.7 Å². The minimum atomic E-state index is -3.70. The van der Waals surface area contributed by atoms with Gasteiger partial charge in [-0.2, -0.15) is 9.30 Å². The van der Waals surface area contributed by atoms with Gasteiger partial charge >= 0.3 is 0 Å². The highest BCUT2D eigenvalue weighted by Crippen LogP contribution is 2.24. The lowest BCUT2D eigenvalue weighted by atomic mass is 10.1. The number of fused-ring (bicyclic) bond motifs is 1. The SMILES string of the molecule is CCN(Cc1ccccc1)S(=O)(=O)c1ccc(C(=O)N=c2sc3c(C)cc(C)cc3n2CC)cc1. The standard InChI is InChI=1S/C27H29N3O3S2/c1-5-29(18-21-10-8-7-9-11-21)35(32,33)23-14-12-22(13-15-23)26(31)28-27-30(6-2)24-17-19(3)16-20(4)25(24)34-27/h7-17H,5-6,18H2,1-4H3. The van der Waals surface area contributed by atoms with Gasteiger partial charge in [-0.3, -0.25) is 4.79 Å². The number of hydrogen-bond donors (Lipinski definition) is 0. The van der Waals surface area contributed by atoms with Gasteiger partial charge in [-0.05, 0) is 67.8 Å². The van der Waals surface area contributed by atoms with Crippen molar-refractivity contribution in [1.82, 2.24) is 8.87 Å². The average molecular weight is 508 g/mol. The van der Waals surface area contributed by atoms with Crippen LogP contribution >= 0.6 is 11.3 Å². The van der Waals surface area contributed by atoms with E-state index in [1.54, 1.807) is 0 Å². The van der Waals surface area contributed by atoms with Crippen LogP contribution in [0, 0.1) is 13.8 Å². The Morgan fingerprint density at radius 3 is 2.31 bits per heavy atom. The summed E-state index contributed by atoms with van der Waals surface area (Å²) < 4.78 is 31.0. The molecule has 6 nitrogen and oxygen atoms in total. The smallest absolute Gasteiger partial charge is 0.279 e. The normalized spacial score (nSPS) is 12.5. The first kappa shape index (κ1) is 25.0. The number of sulfonamides is 1. The molecular weight excluding hydrogens is 478 g/mol. The highest BCUT2D eigenvalue weighted by Gasteiger charge is 2.23. The molecule has 0 radical (unpaired) electrons. The van der Waals surface area contributed by atoms with Crippen LogP contribution < -0.4 is 4.80 Å². The average Bonchev–Trinajstić information content (AvgIpc) is 3.20. The van der Waals surface area contributed by atoms with Gasteiger partial charge in [0.1, 0.15) is 0 Å². The van der Waals surface area contributed by atoms with E-state index in [4.69, 9.17) is 0 Å². The summed E-state index contributed by atoms with van der Waals surface area (Å²) in [6.45, 7) is 9.29. The van der Waals surface area contributed by atoms with E-state index in [-0.39, 0.29) is 11.4 Å². The molecule has 0 aliphatic carbocycles. The van der Waals surface area contributed by atoms with E-state index in [9.17, 15) is 13.2 Å². The van der Waals surface area contributed by atoms with Crippen molar-refractivity contribution >= 4 is 37.5 Å². The number of carbonyl (C=O) groups is 1. The molecule has 35 heavy (non-hydrogen) atoms. The maximum atomic E-state index is 13.2. The van der Waals surface area contributed by atoms with Crippen molar-refractivity contribution in [3.05, 3.63) is 93.8 Å². The lowest BCUT2D eigenvalue weighted by molar-refractivity contribution is 0.0997. The Balaban J connectivity index is 1.63. The van der Waals surface area contributed by atoms with Crippen molar-refractivity contribution < 1.29 is 13.2 Å². The summed E-state index contributed by atoms with van der Waals surface area (Å²) in [5.41, 5.74) is 4.66. The molecule has 8 heteroatoms. The molecule has 1 heterocycles. The number of nitrogens with zero attached hydrogens (tertiary/aromatic N) is 3. The second-order valence-corrected chi connectivity index (χ2v) is 11.3. The summed E-state index contributed by atoms with van der Waals surface area (Å²) in [6, 6.07) is 19.8. The number of carbonyl (C=O) groups excluding carboxylic acids is 1. The van der Waals surface area contributed by atoms with Crippen LogP contribution in [0.3, 0.4) is 0 Å². The van der Waals surface area contributed by atoms with Gasteiger partial charge in [0.25, 0.3) is 5.91 Å². The molecule has 0 unspecified atom stereocenters. The van der Waals surface area contributed by atoms with Crippen LogP contribution in [0.5, 0.6) is 0 Å². The first-order valence-electron chi connectivity index (χ1n) is 11.6. The topological polar surface area (TPSA) is 71.7 Å². The molecule has 0 aliphatic rings. The van der Waals surface area contributed by atoms with E-state index in [0.717, 1.165) is 26.9 Å². The fraction of sp³-hybridized carbons (Fsp3) is 0.259. The summed E-state index contributed by atoms with van der Waals surface area (Å²) in [5.74, 6) is -0.395. The number of amides is 1. The number of hydrogen-bond acceptors (Lipinski definition) is 4. The summed E-state index contributed by atoms with van der Waals surface area (Å²) in [5, 5.41) is 0. The number of aromatic nitrogens is 1. The molecule has 0 N–H and O–H groups in total. The van der Waals surface area contributed by atoms with E-state index in [2.05, 4.69) is 31.0 Å². The number of thiazole rings is 1.